The first-order valence-electron chi connectivity index (χ1n) is 8.58. The van der Waals surface area contributed by atoms with Crippen molar-refractivity contribution < 1.29 is 4.79 Å². The number of hydrogen-bond donors (Lipinski definition) is 0. The van der Waals surface area contributed by atoms with Crippen molar-refractivity contribution in [2.75, 3.05) is 18.8 Å². The van der Waals surface area contributed by atoms with Gasteiger partial charge in [0.15, 0.2) is 0 Å². The fourth-order valence-electron chi connectivity index (χ4n) is 2.54. The first kappa shape index (κ1) is 20.1. The zero-order valence-corrected chi connectivity index (χ0v) is 17.6. The first-order valence-corrected chi connectivity index (χ1v) is 10.4. The number of nitrogens with zero attached hydrogens (tertiary/aromatic N) is 1. The van der Waals surface area contributed by atoms with Crippen molar-refractivity contribution >= 4 is 33.6 Å². The Morgan fingerprint density at radius 1 is 1.00 bits per heavy atom. The number of benzene rings is 2. The van der Waals surface area contributed by atoms with Crippen molar-refractivity contribution in [3.8, 4) is 0 Å². The Balaban J connectivity index is 1.97. The Morgan fingerprint density at radius 2 is 1.64 bits per heavy atom. The van der Waals surface area contributed by atoms with E-state index in [0.717, 1.165) is 29.7 Å². The molecule has 0 atom stereocenters. The van der Waals surface area contributed by atoms with Crippen molar-refractivity contribution in [2.24, 2.45) is 5.41 Å². The molecule has 0 aliphatic rings. The van der Waals surface area contributed by atoms with Crippen LogP contribution in [0.25, 0.3) is 0 Å². The molecule has 2 aromatic carbocycles. The lowest BCUT2D eigenvalue weighted by Crippen LogP contribution is -2.41. The van der Waals surface area contributed by atoms with Crippen LogP contribution in [0.2, 0.25) is 0 Å². The van der Waals surface area contributed by atoms with Gasteiger partial charge in [-0.1, -0.05) is 73.1 Å². The lowest BCUT2D eigenvalue weighted by Gasteiger charge is -2.29. The molecule has 0 aliphatic heterocycles. The van der Waals surface area contributed by atoms with Crippen LogP contribution >= 0.6 is 27.7 Å². The summed E-state index contributed by atoms with van der Waals surface area (Å²) in [4.78, 5) is 16.1. The summed E-state index contributed by atoms with van der Waals surface area (Å²) in [5.74, 6) is 1.12. The van der Waals surface area contributed by atoms with Gasteiger partial charge in [-0.15, -0.1) is 11.8 Å². The van der Waals surface area contributed by atoms with Crippen LogP contribution < -0.4 is 0 Å². The van der Waals surface area contributed by atoms with E-state index in [4.69, 9.17) is 0 Å². The molecule has 0 N–H and O–H groups in total. The molecule has 0 fully saturated rings. The second-order valence-corrected chi connectivity index (χ2v) is 9.07. The summed E-state index contributed by atoms with van der Waals surface area (Å²) in [7, 11) is 0. The van der Waals surface area contributed by atoms with E-state index in [9.17, 15) is 4.79 Å². The predicted molar refractivity (Wildman–Crippen MR) is 111 cm³/mol. The van der Waals surface area contributed by atoms with E-state index in [1.807, 2.05) is 56.0 Å². The van der Waals surface area contributed by atoms with Gasteiger partial charge in [0.1, 0.15) is 0 Å². The summed E-state index contributed by atoms with van der Waals surface area (Å²) < 4.78 is 1.11. The smallest absolute Gasteiger partial charge is 0.227 e. The second-order valence-electron chi connectivity index (χ2n) is 7.05. The van der Waals surface area contributed by atoms with Gasteiger partial charge in [-0.25, -0.2) is 0 Å². The SMILES string of the molecule is CC(C)(C)C(=O)N(CCSc1ccccc1)CCc1ccccc1Br. The third kappa shape index (κ3) is 6.52. The van der Waals surface area contributed by atoms with Gasteiger partial charge in [0.25, 0.3) is 0 Å². The molecule has 25 heavy (non-hydrogen) atoms. The number of carbonyl (C=O) groups excluding carboxylic acids is 1. The molecule has 2 aromatic rings. The molecule has 0 aliphatic carbocycles. The highest BCUT2D eigenvalue weighted by Crippen LogP contribution is 2.22. The van der Waals surface area contributed by atoms with Gasteiger partial charge in [0, 0.05) is 33.6 Å². The molecule has 4 heteroatoms. The minimum absolute atomic E-state index is 0.216. The number of carbonyl (C=O) groups is 1. The third-order valence-electron chi connectivity index (χ3n) is 3.91. The van der Waals surface area contributed by atoms with Crippen LogP contribution in [0.4, 0.5) is 0 Å². The topological polar surface area (TPSA) is 20.3 Å². The summed E-state index contributed by atoms with van der Waals surface area (Å²) in [6, 6.07) is 18.6. The van der Waals surface area contributed by atoms with Gasteiger partial charge in [0.2, 0.25) is 5.91 Å². The van der Waals surface area contributed by atoms with Gasteiger partial charge in [-0.05, 0) is 30.2 Å². The standard InChI is InChI=1S/C21H26BrNOS/c1-21(2,3)20(24)23(14-13-17-9-7-8-12-19(17)22)15-16-25-18-10-5-4-6-11-18/h4-12H,13-16H2,1-3H3. The molecule has 0 bridgehead atoms. The van der Waals surface area contributed by atoms with Crippen molar-refractivity contribution in [2.45, 2.75) is 32.1 Å². The maximum Gasteiger partial charge on any atom is 0.227 e. The highest BCUT2D eigenvalue weighted by atomic mass is 79.9. The summed E-state index contributed by atoms with van der Waals surface area (Å²) >= 11 is 5.40. The molecule has 0 aromatic heterocycles. The molecule has 0 spiro atoms. The third-order valence-corrected chi connectivity index (χ3v) is 5.68. The number of rotatable bonds is 7. The van der Waals surface area contributed by atoms with E-state index in [1.165, 1.54) is 10.5 Å². The Bertz CT molecular complexity index is 682. The van der Waals surface area contributed by atoms with Crippen molar-refractivity contribution in [3.63, 3.8) is 0 Å². The molecular formula is C21H26BrNOS. The average Bonchev–Trinajstić information content (AvgIpc) is 2.58. The molecule has 0 saturated heterocycles. The van der Waals surface area contributed by atoms with Crippen LogP contribution in [-0.4, -0.2) is 29.6 Å². The molecule has 2 rings (SSSR count). The molecule has 0 saturated carbocycles. The van der Waals surface area contributed by atoms with E-state index < -0.39 is 0 Å². The van der Waals surface area contributed by atoms with E-state index in [0.29, 0.717) is 0 Å². The Hall–Kier alpha value is -1.26. The molecule has 0 radical (unpaired) electrons. The van der Waals surface area contributed by atoms with Gasteiger partial charge >= 0.3 is 0 Å². The first-order chi connectivity index (χ1) is 11.9. The van der Waals surface area contributed by atoms with Crippen LogP contribution in [0.3, 0.4) is 0 Å². The van der Waals surface area contributed by atoms with Crippen LogP contribution in [-0.2, 0) is 11.2 Å². The van der Waals surface area contributed by atoms with Crippen LogP contribution in [0, 0.1) is 5.41 Å². The number of amides is 1. The summed E-state index contributed by atoms with van der Waals surface area (Å²) in [6.45, 7) is 7.48. The Morgan fingerprint density at radius 3 is 2.28 bits per heavy atom. The molecule has 134 valence electrons. The van der Waals surface area contributed by atoms with E-state index in [2.05, 4.69) is 40.2 Å². The second kappa shape index (κ2) is 9.44. The summed E-state index contributed by atoms with van der Waals surface area (Å²) in [6.07, 6.45) is 0.860. The summed E-state index contributed by atoms with van der Waals surface area (Å²) in [5, 5.41) is 0. The highest BCUT2D eigenvalue weighted by molar-refractivity contribution is 9.10. The van der Waals surface area contributed by atoms with Gasteiger partial charge in [-0.3, -0.25) is 4.79 Å². The lowest BCUT2D eigenvalue weighted by molar-refractivity contribution is -0.139. The maximum absolute atomic E-state index is 12.8. The average molecular weight is 420 g/mol. The molecule has 1 amide bonds. The fraction of sp³-hybridized carbons (Fsp3) is 0.381. The summed E-state index contributed by atoms with van der Waals surface area (Å²) in [5.41, 5.74) is 0.885. The number of hydrogen-bond acceptors (Lipinski definition) is 2. The fourth-order valence-corrected chi connectivity index (χ4v) is 3.92. The minimum atomic E-state index is -0.356. The molecule has 0 unspecified atom stereocenters. The Kier molecular flexibility index (Phi) is 7.57. The van der Waals surface area contributed by atoms with Crippen LogP contribution in [0.15, 0.2) is 64.0 Å². The van der Waals surface area contributed by atoms with Crippen molar-refractivity contribution in [1.29, 1.82) is 0 Å². The minimum Gasteiger partial charge on any atom is -0.341 e. The van der Waals surface area contributed by atoms with E-state index >= 15 is 0 Å². The van der Waals surface area contributed by atoms with Gasteiger partial charge in [-0.2, -0.15) is 0 Å². The largest absolute Gasteiger partial charge is 0.341 e. The van der Waals surface area contributed by atoms with Crippen LogP contribution in [0.5, 0.6) is 0 Å². The van der Waals surface area contributed by atoms with Gasteiger partial charge < -0.3 is 4.90 Å². The van der Waals surface area contributed by atoms with E-state index in [-0.39, 0.29) is 11.3 Å². The van der Waals surface area contributed by atoms with Gasteiger partial charge in [0.05, 0.1) is 0 Å². The molecule has 0 heterocycles. The lowest BCUT2D eigenvalue weighted by atomic mass is 9.94. The zero-order valence-electron chi connectivity index (χ0n) is 15.2. The normalized spacial score (nSPS) is 11.4. The van der Waals surface area contributed by atoms with Crippen molar-refractivity contribution in [1.82, 2.24) is 4.90 Å². The highest BCUT2D eigenvalue weighted by Gasteiger charge is 2.26. The molecule has 2 nitrogen and oxygen atoms in total. The van der Waals surface area contributed by atoms with E-state index in [1.54, 1.807) is 11.8 Å². The number of halogens is 1. The molecular weight excluding hydrogens is 394 g/mol. The van der Waals surface area contributed by atoms with Crippen molar-refractivity contribution in [3.05, 3.63) is 64.6 Å². The monoisotopic (exact) mass is 419 g/mol. The Labute approximate surface area is 164 Å². The zero-order chi connectivity index (χ0) is 18.3. The predicted octanol–water partition coefficient (Wildman–Crippen LogP) is 5.66. The quantitative estimate of drug-likeness (QED) is 0.539. The maximum atomic E-state index is 12.8. The number of thioether (sulfide) groups is 1. The van der Waals surface area contributed by atoms with Crippen LogP contribution in [0.1, 0.15) is 26.3 Å².